The second-order valence-electron chi connectivity index (χ2n) is 7.99. The van der Waals surface area contributed by atoms with Crippen LogP contribution in [0.15, 0.2) is 0 Å². The second kappa shape index (κ2) is 14.8. The molecule has 14 nitrogen and oxygen atoms in total. The molecule has 1 heterocycles. The first-order valence-corrected chi connectivity index (χ1v) is 11.1. The number of amides is 3. The summed E-state index contributed by atoms with van der Waals surface area (Å²) < 4.78 is 0. The molecule has 0 aromatic carbocycles. The molecule has 14 heteroatoms. The Morgan fingerprint density at radius 1 is 0.853 bits per heavy atom. The lowest BCUT2D eigenvalue weighted by molar-refractivity contribution is -0.147. The van der Waals surface area contributed by atoms with E-state index in [-0.39, 0.29) is 12.8 Å². The van der Waals surface area contributed by atoms with E-state index in [1.807, 2.05) is 0 Å². The van der Waals surface area contributed by atoms with Crippen LogP contribution in [-0.2, 0) is 28.8 Å². The number of carboxylic acids is 3. The molecule has 4 atom stereocenters. The Bertz CT molecular complexity index is 755. The monoisotopic (exact) mass is 487 g/mol. The highest BCUT2D eigenvalue weighted by atomic mass is 16.4. The van der Waals surface area contributed by atoms with Crippen LogP contribution in [0.2, 0.25) is 0 Å². The van der Waals surface area contributed by atoms with Gasteiger partial charge in [0.2, 0.25) is 17.7 Å². The first-order chi connectivity index (χ1) is 16.0. The van der Waals surface area contributed by atoms with Crippen molar-refractivity contribution >= 4 is 35.6 Å². The summed E-state index contributed by atoms with van der Waals surface area (Å²) in [5, 5.41) is 37.0. The van der Waals surface area contributed by atoms with Crippen molar-refractivity contribution in [1.29, 1.82) is 0 Å². The van der Waals surface area contributed by atoms with Gasteiger partial charge in [-0.1, -0.05) is 0 Å². The minimum Gasteiger partial charge on any atom is -0.481 e. The van der Waals surface area contributed by atoms with Crippen molar-refractivity contribution in [2.75, 3.05) is 13.1 Å². The largest absolute Gasteiger partial charge is 0.481 e. The molecule has 0 aliphatic carbocycles. The van der Waals surface area contributed by atoms with Crippen LogP contribution in [0.5, 0.6) is 0 Å². The van der Waals surface area contributed by atoms with Crippen LogP contribution in [0.3, 0.4) is 0 Å². The van der Waals surface area contributed by atoms with Gasteiger partial charge in [-0.15, -0.1) is 0 Å². The van der Waals surface area contributed by atoms with E-state index in [9.17, 15) is 33.9 Å². The van der Waals surface area contributed by atoms with Gasteiger partial charge in [0.1, 0.15) is 18.1 Å². The Kier molecular flexibility index (Phi) is 12.5. The molecule has 192 valence electrons. The Balaban J connectivity index is 2.95. The SMILES string of the molecule is NCCCCC(NC(=O)C(CCC(=O)O)NC(=O)C1CCCN1)C(=O)NC(CC(=O)O)C(=O)O. The lowest BCUT2D eigenvalue weighted by atomic mass is 10.0. The summed E-state index contributed by atoms with van der Waals surface area (Å²) in [5.41, 5.74) is 5.46. The Morgan fingerprint density at radius 2 is 1.47 bits per heavy atom. The van der Waals surface area contributed by atoms with Crippen LogP contribution < -0.4 is 27.0 Å². The normalized spacial score (nSPS) is 17.7. The second-order valence-corrected chi connectivity index (χ2v) is 7.99. The highest BCUT2D eigenvalue weighted by Crippen LogP contribution is 2.08. The van der Waals surface area contributed by atoms with E-state index in [0.29, 0.717) is 32.4 Å². The van der Waals surface area contributed by atoms with Gasteiger partial charge in [0.05, 0.1) is 12.5 Å². The first kappa shape index (κ1) is 28.8. The number of carboxylic acid groups (broad SMARTS) is 3. The van der Waals surface area contributed by atoms with Gasteiger partial charge >= 0.3 is 17.9 Å². The van der Waals surface area contributed by atoms with Crippen LogP contribution in [0, 0.1) is 0 Å². The molecular formula is C20H33N5O9. The molecule has 1 rings (SSSR count). The summed E-state index contributed by atoms with van der Waals surface area (Å²) in [6.07, 6.45) is 0.785. The lowest BCUT2D eigenvalue weighted by Gasteiger charge is -2.25. The Labute approximate surface area is 196 Å². The number of hydrogen-bond acceptors (Lipinski definition) is 8. The fourth-order valence-corrected chi connectivity index (χ4v) is 3.40. The summed E-state index contributed by atoms with van der Waals surface area (Å²) in [4.78, 5) is 71.2. The molecule has 0 aromatic rings. The van der Waals surface area contributed by atoms with Gasteiger partial charge in [-0.3, -0.25) is 24.0 Å². The van der Waals surface area contributed by atoms with E-state index >= 15 is 0 Å². The molecule has 1 aliphatic rings. The molecule has 4 unspecified atom stereocenters. The third-order valence-electron chi connectivity index (χ3n) is 5.23. The van der Waals surface area contributed by atoms with Gasteiger partial charge < -0.3 is 42.3 Å². The molecule has 0 radical (unpaired) electrons. The van der Waals surface area contributed by atoms with E-state index in [4.69, 9.17) is 15.9 Å². The van der Waals surface area contributed by atoms with Crippen molar-refractivity contribution in [2.24, 2.45) is 5.73 Å². The summed E-state index contributed by atoms with van der Waals surface area (Å²) in [7, 11) is 0. The zero-order valence-electron chi connectivity index (χ0n) is 18.7. The van der Waals surface area contributed by atoms with E-state index in [2.05, 4.69) is 21.3 Å². The van der Waals surface area contributed by atoms with Crippen LogP contribution in [0.25, 0.3) is 0 Å². The average Bonchev–Trinajstić information content (AvgIpc) is 3.29. The molecule has 3 amide bonds. The molecule has 0 aromatic heterocycles. The number of unbranched alkanes of at least 4 members (excludes halogenated alkanes) is 1. The topological polar surface area (TPSA) is 237 Å². The predicted molar refractivity (Wildman–Crippen MR) is 116 cm³/mol. The number of aliphatic carboxylic acids is 3. The number of nitrogens with two attached hydrogens (primary N) is 1. The van der Waals surface area contributed by atoms with Gasteiger partial charge in [-0.05, 0) is 51.6 Å². The van der Waals surface area contributed by atoms with Gasteiger partial charge in [0.15, 0.2) is 0 Å². The summed E-state index contributed by atoms with van der Waals surface area (Å²) in [6, 6.07) is -4.72. The van der Waals surface area contributed by atoms with Gasteiger partial charge in [-0.2, -0.15) is 0 Å². The zero-order valence-corrected chi connectivity index (χ0v) is 18.7. The van der Waals surface area contributed by atoms with Gasteiger partial charge in [0, 0.05) is 6.42 Å². The quantitative estimate of drug-likeness (QED) is 0.108. The highest BCUT2D eigenvalue weighted by Gasteiger charge is 2.32. The van der Waals surface area contributed by atoms with Crippen molar-refractivity contribution in [1.82, 2.24) is 21.3 Å². The molecule has 34 heavy (non-hydrogen) atoms. The molecule has 0 bridgehead atoms. The van der Waals surface area contributed by atoms with Crippen molar-refractivity contribution in [2.45, 2.75) is 75.5 Å². The maximum Gasteiger partial charge on any atom is 0.326 e. The molecule has 1 fully saturated rings. The predicted octanol–water partition coefficient (Wildman–Crippen LogP) is -2.25. The van der Waals surface area contributed by atoms with E-state index in [1.165, 1.54) is 0 Å². The van der Waals surface area contributed by atoms with E-state index in [0.717, 1.165) is 6.42 Å². The fraction of sp³-hybridized carbons (Fsp3) is 0.700. The summed E-state index contributed by atoms with van der Waals surface area (Å²) in [5.74, 6) is -6.38. The highest BCUT2D eigenvalue weighted by molar-refractivity contribution is 5.94. The third kappa shape index (κ3) is 10.6. The van der Waals surface area contributed by atoms with Crippen molar-refractivity contribution in [3.05, 3.63) is 0 Å². The molecule has 0 saturated carbocycles. The van der Waals surface area contributed by atoms with Crippen LogP contribution in [0.4, 0.5) is 0 Å². The number of hydrogen-bond donors (Lipinski definition) is 8. The zero-order chi connectivity index (χ0) is 25.7. The van der Waals surface area contributed by atoms with Crippen LogP contribution in [-0.4, -0.2) is 88.2 Å². The van der Waals surface area contributed by atoms with E-state index < -0.39 is 72.6 Å². The minimum absolute atomic E-state index is 0.0674. The molecular weight excluding hydrogens is 454 g/mol. The number of nitrogens with one attached hydrogen (secondary N) is 4. The Hall–Kier alpha value is -3.26. The molecule has 0 spiro atoms. The summed E-state index contributed by atoms with van der Waals surface area (Å²) >= 11 is 0. The van der Waals surface area contributed by atoms with E-state index in [1.54, 1.807) is 0 Å². The van der Waals surface area contributed by atoms with Gasteiger partial charge in [0.25, 0.3) is 0 Å². The maximum absolute atomic E-state index is 12.9. The molecule has 1 saturated heterocycles. The molecule has 1 aliphatic heterocycles. The average molecular weight is 488 g/mol. The number of carbonyl (C=O) groups is 6. The summed E-state index contributed by atoms with van der Waals surface area (Å²) in [6.45, 7) is 0.944. The maximum atomic E-state index is 12.9. The van der Waals surface area contributed by atoms with Crippen molar-refractivity contribution in [3.63, 3.8) is 0 Å². The lowest BCUT2D eigenvalue weighted by Crippen LogP contribution is -2.57. The van der Waals surface area contributed by atoms with Gasteiger partial charge in [-0.25, -0.2) is 4.79 Å². The fourth-order valence-electron chi connectivity index (χ4n) is 3.40. The number of carbonyl (C=O) groups excluding carboxylic acids is 3. The van der Waals surface area contributed by atoms with Crippen LogP contribution >= 0.6 is 0 Å². The molecule has 9 N–H and O–H groups in total. The smallest absolute Gasteiger partial charge is 0.326 e. The third-order valence-corrected chi connectivity index (χ3v) is 5.23. The van der Waals surface area contributed by atoms with Crippen molar-refractivity contribution in [3.8, 4) is 0 Å². The van der Waals surface area contributed by atoms with Crippen molar-refractivity contribution < 1.29 is 44.1 Å². The number of rotatable bonds is 16. The first-order valence-electron chi connectivity index (χ1n) is 11.1. The minimum atomic E-state index is -1.71. The Morgan fingerprint density at radius 3 is 1.97 bits per heavy atom. The van der Waals surface area contributed by atoms with Crippen LogP contribution in [0.1, 0.15) is 51.4 Å². The standard InChI is InChI=1S/C20H33N5O9/c21-8-2-1-4-12(18(31)25-14(20(33)34)10-16(28)29)23-19(32)13(6-7-15(26)27)24-17(30)11-5-3-9-22-11/h11-14,22H,1-10,21H2,(H,23,32)(H,24,30)(H,25,31)(H,26,27)(H,28,29)(H,33,34).